The first-order valence-electron chi connectivity index (χ1n) is 4.93. The Balaban J connectivity index is 2.54. The Morgan fingerprint density at radius 1 is 1.65 bits per heavy atom. The molecule has 0 aliphatic carbocycles. The summed E-state index contributed by atoms with van der Waals surface area (Å²) < 4.78 is 1.05. The first-order valence-corrected chi connectivity index (χ1v) is 6.61. The quantitative estimate of drug-likeness (QED) is 0.883. The van der Waals surface area contributed by atoms with E-state index < -0.39 is 18.0 Å². The number of hydrogen-bond acceptors (Lipinski definition) is 4. The number of carbonyl (C=O) groups excluding carboxylic acids is 2. The maximum atomic E-state index is 11.5. The molecule has 5 nitrogen and oxygen atoms in total. The molecule has 1 rings (SSSR count). The zero-order valence-electron chi connectivity index (χ0n) is 9.57. The van der Waals surface area contributed by atoms with Crippen molar-refractivity contribution in [2.75, 3.05) is 7.05 Å². The fraction of sp³-hybridized carbons (Fsp3) is 0.400. The first-order chi connectivity index (χ1) is 7.90. The minimum atomic E-state index is -0.825. The van der Waals surface area contributed by atoms with Crippen molar-refractivity contribution >= 4 is 39.2 Å². The number of carbonyl (C=O) groups is 2. The van der Waals surface area contributed by atoms with Crippen molar-refractivity contribution in [3.8, 4) is 0 Å². The third kappa shape index (κ3) is 4.45. The lowest BCUT2D eigenvalue weighted by molar-refractivity contribution is -0.124. The van der Waals surface area contributed by atoms with E-state index in [2.05, 4.69) is 21.2 Å². The van der Waals surface area contributed by atoms with Gasteiger partial charge >= 0.3 is 6.03 Å². The largest absolute Gasteiger partial charge is 0.351 e. The van der Waals surface area contributed by atoms with Crippen LogP contribution in [0.2, 0.25) is 0 Å². The van der Waals surface area contributed by atoms with Crippen LogP contribution >= 0.6 is 27.3 Å². The molecule has 0 saturated heterocycles. The fourth-order valence-corrected chi connectivity index (χ4v) is 2.48. The zero-order valence-corrected chi connectivity index (χ0v) is 12.0. The zero-order chi connectivity index (χ0) is 13.0. The van der Waals surface area contributed by atoms with Crippen LogP contribution in [0.3, 0.4) is 0 Å². The van der Waals surface area contributed by atoms with Crippen LogP contribution in [-0.4, -0.2) is 29.9 Å². The Morgan fingerprint density at radius 3 is 2.76 bits per heavy atom. The highest BCUT2D eigenvalue weighted by atomic mass is 79.9. The van der Waals surface area contributed by atoms with Gasteiger partial charge in [-0.25, -0.2) is 4.79 Å². The maximum absolute atomic E-state index is 11.5. The van der Waals surface area contributed by atoms with Gasteiger partial charge in [0.2, 0.25) is 5.91 Å². The third-order valence-corrected chi connectivity index (χ3v) is 3.89. The van der Waals surface area contributed by atoms with Crippen LogP contribution in [0.25, 0.3) is 0 Å². The Hall–Kier alpha value is -0.920. The average Bonchev–Trinajstić information content (AvgIpc) is 2.61. The van der Waals surface area contributed by atoms with Crippen molar-refractivity contribution in [2.45, 2.75) is 19.5 Å². The SMILES string of the molecule is C[C@@H](C(=O)NC(N)=O)N(C)Cc1csc(Br)c1. The molecule has 0 unspecified atom stereocenters. The van der Waals surface area contributed by atoms with Crippen molar-refractivity contribution in [1.29, 1.82) is 0 Å². The number of nitrogens with zero attached hydrogens (tertiary/aromatic N) is 1. The second-order valence-corrected chi connectivity index (χ2v) is 5.99. The van der Waals surface area contributed by atoms with Crippen molar-refractivity contribution < 1.29 is 9.59 Å². The molecular weight excluding hydrogens is 306 g/mol. The van der Waals surface area contributed by atoms with Crippen LogP contribution < -0.4 is 11.1 Å². The first kappa shape index (κ1) is 14.1. The summed E-state index contributed by atoms with van der Waals surface area (Å²) >= 11 is 4.97. The molecule has 1 aromatic rings. The van der Waals surface area contributed by atoms with Gasteiger partial charge in [0.15, 0.2) is 0 Å². The van der Waals surface area contributed by atoms with Crippen molar-refractivity contribution in [2.24, 2.45) is 5.73 Å². The van der Waals surface area contributed by atoms with Gasteiger partial charge in [-0.3, -0.25) is 15.0 Å². The average molecular weight is 320 g/mol. The van der Waals surface area contributed by atoms with Crippen LogP contribution in [0.4, 0.5) is 4.79 Å². The van der Waals surface area contributed by atoms with Crippen molar-refractivity contribution in [1.82, 2.24) is 10.2 Å². The maximum Gasteiger partial charge on any atom is 0.318 e. The molecule has 1 heterocycles. The molecule has 3 N–H and O–H groups in total. The number of likely N-dealkylation sites (N-methyl/N-ethyl adjacent to an activating group) is 1. The lowest BCUT2D eigenvalue weighted by Crippen LogP contribution is -2.46. The van der Waals surface area contributed by atoms with Crippen molar-refractivity contribution in [3.63, 3.8) is 0 Å². The molecule has 0 saturated carbocycles. The molecular formula is C10H14BrN3O2S. The number of amides is 3. The number of rotatable bonds is 4. The van der Waals surface area contributed by atoms with Crippen molar-refractivity contribution in [3.05, 3.63) is 20.8 Å². The van der Waals surface area contributed by atoms with Gasteiger partial charge in [0.25, 0.3) is 0 Å². The normalized spacial score (nSPS) is 12.5. The van der Waals surface area contributed by atoms with Gasteiger partial charge in [-0.05, 0) is 46.9 Å². The van der Waals surface area contributed by atoms with Gasteiger partial charge in [-0.1, -0.05) is 0 Å². The highest BCUT2D eigenvalue weighted by molar-refractivity contribution is 9.11. The molecule has 0 aromatic carbocycles. The summed E-state index contributed by atoms with van der Waals surface area (Å²) in [4.78, 5) is 23.9. The minimum absolute atomic E-state index is 0.394. The van der Waals surface area contributed by atoms with Crippen LogP contribution in [0, 0.1) is 0 Å². The molecule has 0 aliphatic rings. The van der Waals surface area contributed by atoms with E-state index in [1.165, 1.54) is 0 Å². The van der Waals surface area contributed by atoms with E-state index in [1.54, 1.807) is 18.3 Å². The van der Waals surface area contributed by atoms with Gasteiger partial charge < -0.3 is 5.73 Å². The predicted octanol–water partition coefficient (Wildman–Crippen LogP) is 1.53. The molecule has 1 aromatic heterocycles. The van der Waals surface area contributed by atoms with E-state index in [0.29, 0.717) is 6.54 Å². The molecule has 7 heteroatoms. The highest BCUT2D eigenvalue weighted by Crippen LogP contribution is 2.21. The van der Waals surface area contributed by atoms with Crippen LogP contribution in [-0.2, 0) is 11.3 Å². The Kier molecular flexibility index (Phi) is 5.10. The van der Waals surface area contributed by atoms with Crippen LogP contribution in [0.1, 0.15) is 12.5 Å². The molecule has 0 spiro atoms. The summed E-state index contributed by atoms with van der Waals surface area (Å²) in [6, 6.07) is 0.759. The Bertz CT molecular complexity index is 421. The van der Waals surface area contributed by atoms with Crippen LogP contribution in [0.15, 0.2) is 15.2 Å². The summed E-state index contributed by atoms with van der Waals surface area (Å²) in [5.74, 6) is -0.394. The molecule has 0 bridgehead atoms. The second-order valence-electron chi connectivity index (χ2n) is 3.70. The second kappa shape index (κ2) is 6.13. The summed E-state index contributed by atoms with van der Waals surface area (Å²) in [7, 11) is 1.82. The number of hydrogen-bond donors (Lipinski definition) is 2. The number of nitrogens with one attached hydrogen (secondary N) is 1. The van der Waals surface area contributed by atoms with E-state index >= 15 is 0 Å². The molecule has 1 atom stereocenters. The van der Waals surface area contributed by atoms with Gasteiger partial charge in [-0.15, -0.1) is 11.3 Å². The highest BCUT2D eigenvalue weighted by Gasteiger charge is 2.19. The number of imide groups is 1. The molecule has 0 radical (unpaired) electrons. The molecule has 0 fully saturated rings. The summed E-state index contributed by atoms with van der Waals surface area (Å²) in [5, 5.41) is 4.08. The topological polar surface area (TPSA) is 75.4 Å². The third-order valence-electron chi connectivity index (χ3n) is 2.34. The number of halogens is 1. The minimum Gasteiger partial charge on any atom is -0.351 e. The van der Waals surface area contributed by atoms with E-state index in [9.17, 15) is 9.59 Å². The number of primary amides is 1. The van der Waals surface area contributed by atoms with E-state index in [4.69, 9.17) is 5.73 Å². The lowest BCUT2D eigenvalue weighted by atomic mass is 10.2. The lowest BCUT2D eigenvalue weighted by Gasteiger charge is -2.22. The predicted molar refractivity (Wildman–Crippen MR) is 70.7 cm³/mol. The number of urea groups is 1. The summed E-state index contributed by atoms with van der Waals surface area (Å²) in [5.41, 5.74) is 6.01. The number of nitrogens with two attached hydrogens (primary N) is 1. The van der Waals surface area contributed by atoms with E-state index in [1.807, 2.05) is 23.4 Å². The van der Waals surface area contributed by atoms with Gasteiger partial charge in [0.1, 0.15) is 0 Å². The number of thiophene rings is 1. The van der Waals surface area contributed by atoms with Crippen LogP contribution in [0.5, 0.6) is 0 Å². The Labute approximate surface area is 112 Å². The molecule has 94 valence electrons. The molecule has 3 amide bonds. The monoisotopic (exact) mass is 319 g/mol. The standard InChI is InChI=1S/C10H14BrN3O2S/c1-6(9(15)13-10(12)16)14(2)4-7-3-8(11)17-5-7/h3,5-6H,4H2,1-2H3,(H3,12,13,15,16)/t6-/m0/s1. The fourth-order valence-electron chi connectivity index (χ4n) is 1.28. The van der Waals surface area contributed by atoms with E-state index in [0.717, 1.165) is 9.35 Å². The molecule has 0 aliphatic heterocycles. The molecule has 17 heavy (non-hydrogen) atoms. The van der Waals surface area contributed by atoms with Gasteiger partial charge in [0.05, 0.1) is 9.83 Å². The van der Waals surface area contributed by atoms with Gasteiger partial charge in [0, 0.05) is 6.54 Å². The summed E-state index contributed by atoms with van der Waals surface area (Å²) in [6.45, 7) is 2.36. The summed E-state index contributed by atoms with van der Waals surface area (Å²) in [6.07, 6.45) is 0. The smallest absolute Gasteiger partial charge is 0.318 e. The van der Waals surface area contributed by atoms with Gasteiger partial charge in [-0.2, -0.15) is 0 Å². The Morgan fingerprint density at radius 2 is 2.29 bits per heavy atom. The van der Waals surface area contributed by atoms with E-state index in [-0.39, 0.29) is 0 Å².